The highest BCUT2D eigenvalue weighted by Crippen LogP contribution is 2.36. The highest BCUT2D eigenvalue weighted by atomic mass is 35.5. The molecule has 74 heavy (non-hydrogen) atoms. The van der Waals surface area contributed by atoms with Crippen LogP contribution in [0.15, 0.2) is 72.2 Å². The van der Waals surface area contributed by atoms with Gasteiger partial charge in [0.1, 0.15) is 24.0 Å². The van der Waals surface area contributed by atoms with Gasteiger partial charge in [0.15, 0.2) is 17.3 Å². The second-order valence-electron chi connectivity index (χ2n) is 19.7. The standard InChI is InChI=1S/C52H59Cl2FN10O8S/c1-27-23-63(50(71)33-12-14-34(15-13-33)59-48(69)38-21-40(47(56)62-61-38)73-30(4)43-36(53)16-17-37(55)44(43)54)24-28(2)65(27)42(68)19-18-41(67)60-46(52(5,6)7)51(72)64-25-35(66)20-39(64)49(70)57-22-31-8-10-32(11-9-31)45-29(3)58-26-74-45/h8-17,21,26-28,30,35,39,46,66H,18-20,22-25H2,1-7H3,(H2,56,62)(H,57,70)(H,59,69)(H,60,67)/t27-,28+,30-,35-,39+,46?/m1/s1. The lowest BCUT2D eigenvalue weighted by Crippen LogP contribution is -2.60. The number of aliphatic hydroxyl groups excluding tert-OH is 1. The number of β-amino-alcohol motifs (C(OH)–C–C–N with tert-alkyl or cyclic N) is 1. The number of ether oxygens (including phenoxy) is 1. The zero-order valence-electron chi connectivity index (χ0n) is 41.9. The van der Waals surface area contributed by atoms with Crippen LogP contribution >= 0.6 is 34.5 Å². The third-order valence-corrected chi connectivity index (χ3v) is 14.7. The summed E-state index contributed by atoms with van der Waals surface area (Å²) in [5.41, 5.74) is 10.5. The van der Waals surface area contributed by atoms with E-state index in [1.807, 2.05) is 45.0 Å². The third kappa shape index (κ3) is 12.8. The van der Waals surface area contributed by atoms with Crippen LogP contribution in [-0.2, 0) is 25.7 Å². The summed E-state index contributed by atoms with van der Waals surface area (Å²) in [6.07, 6.45) is -2.14. The first-order chi connectivity index (χ1) is 35.0. The maximum absolute atomic E-state index is 14.2. The molecule has 0 radical (unpaired) electrons. The maximum atomic E-state index is 14.2. The summed E-state index contributed by atoms with van der Waals surface area (Å²) in [4.78, 5) is 91.9. The van der Waals surface area contributed by atoms with Crippen molar-refractivity contribution >= 4 is 81.5 Å². The van der Waals surface area contributed by atoms with Crippen LogP contribution in [-0.4, -0.2) is 120 Å². The number of carbonyl (C=O) groups is 6. The largest absolute Gasteiger partial charge is 0.482 e. The Morgan fingerprint density at radius 2 is 1.62 bits per heavy atom. The average Bonchev–Trinajstić information content (AvgIpc) is 3.98. The van der Waals surface area contributed by atoms with E-state index in [2.05, 4.69) is 31.1 Å². The number of thiazole rings is 1. The Bertz CT molecular complexity index is 2910. The molecule has 18 nitrogen and oxygen atoms in total. The van der Waals surface area contributed by atoms with Gasteiger partial charge < -0.3 is 46.2 Å². The minimum atomic E-state index is -1.07. The normalized spacial score (nSPS) is 18.6. The lowest BCUT2D eigenvalue weighted by molar-refractivity contribution is -0.144. The number of likely N-dealkylation sites (tertiary alicyclic amines) is 1. The number of nitrogens with one attached hydrogen (secondary N) is 3. The SMILES string of the molecule is Cc1ncsc1-c1ccc(CNC(=O)[C@@H]2C[C@@H](O)CN2C(=O)C(NC(=O)CCC(=O)N2[C@H](C)CN(C(=O)c3ccc(NC(=O)c4cc(O[C@H](C)c5c(Cl)ccc(F)c5Cl)c(N)nn4)cc3)C[C@@H]2C)C(C)(C)C)cc1. The molecular formula is C52H59Cl2FN10O8S. The first kappa shape index (κ1) is 55.0. The molecule has 0 bridgehead atoms. The summed E-state index contributed by atoms with van der Waals surface area (Å²) in [5.74, 6) is -3.53. The number of rotatable bonds is 15. The summed E-state index contributed by atoms with van der Waals surface area (Å²) in [6.45, 7) is 13.1. The summed E-state index contributed by atoms with van der Waals surface area (Å²) in [6, 6.07) is 14.9. The van der Waals surface area contributed by atoms with E-state index in [0.29, 0.717) is 11.3 Å². The van der Waals surface area contributed by atoms with Crippen molar-refractivity contribution in [1.29, 1.82) is 0 Å². The van der Waals surface area contributed by atoms with Crippen molar-refractivity contribution in [2.45, 2.75) is 111 Å². The number of nitrogens with zero attached hydrogens (tertiary/aromatic N) is 6. The molecule has 0 saturated carbocycles. The Morgan fingerprint density at radius 3 is 2.26 bits per heavy atom. The maximum Gasteiger partial charge on any atom is 0.276 e. The van der Waals surface area contributed by atoms with Gasteiger partial charge >= 0.3 is 0 Å². The van der Waals surface area contributed by atoms with Crippen LogP contribution in [0.3, 0.4) is 0 Å². The molecule has 5 aromatic rings. The molecule has 0 aliphatic carbocycles. The molecule has 2 aliphatic heterocycles. The molecule has 6 atom stereocenters. The topological polar surface area (TPSA) is 242 Å². The van der Waals surface area contributed by atoms with Gasteiger partial charge in [-0.15, -0.1) is 21.5 Å². The predicted octanol–water partition coefficient (Wildman–Crippen LogP) is 6.98. The van der Waals surface area contributed by atoms with Crippen molar-refractivity contribution in [2.75, 3.05) is 30.7 Å². The van der Waals surface area contributed by atoms with Gasteiger partial charge in [0.05, 0.1) is 27.2 Å². The van der Waals surface area contributed by atoms with Crippen molar-refractivity contribution in [3.8, 4) is 16.2 Å². The minimum absolute atomic E-state index is 0.0141. The van der Waals surface area contributed by atoms with E-state index in [4.69, 9.17) is 33.7 Å². The number of benzene rings is 3. The van der Waals surface area contributed by atoms with Gasteiger partial charge in [-0.25, -0.2) is 9.37 Å². The van der Waals surface area contributed by atoms with Crippen LogP contribution in [0.1, 0.15) is 105 Å². The van der Waals surface area contributed by atoms with E-state index in [9.17, 15) is 38.3 Å². The van der Waals surface area contributed by atoms with E-state index >= 15 is 0 Å². The molecule has 3 aromatic carbocycles. The second-order valence-corrected chi connectivity index (χ2v) is 21.3. The number of nitrogens with two attached hydrogens (primary N) is 1. The van der Waals surface area contributed by atoms with Gasteiger partial charge in [-0.2, -0.15) is 0 Å². The van der Waals surface area contributed by atoms with Gasteiger partial charge in [0.25, 0.3) is 11.8 Å². The van der Waals surface area contributed by atoms with Crippen molar-refractivity contribution in [1.82, 2.24) is 40.5 Å². The van der Waals surface area contributed by atoms with Gasteiger partial charge in [0, 0.05) is 85.4 Å². The molecule has 0 spiro atoms. The molecule has 2 aromatic heterocycles. The monoisotopic (exact) mass is 1070 g/mol. The first-order valence-corrected chi connectivity index (χ1v) is 25.6. The number of aryl methyl sites for hydroxylation is 1. The van der Waals surface area contributed by atoms with Crippen molar-refractivity contribution in [2.24, 2.45) is 5.41 Å². The lowest BCUT2D eigenvalue weighted by atomic mass is 9.85. The van der Waals surface area contributed by atoms with Gasteiger partial charge in [-0.1, -0.05) is 68.2 Å². The summed E-state index contributed by atoms with van der Waals surface area (Å²) in [5, 5.41) is 26.7. The fraction of sp³-hybridized carbons (Fsp3) is 0.404. The molecule has 2 aliphatic rings. The molecular weight excluding hydrogens is 1010 g/mol. The highest BCUT2D eigenvalue weighted by Gasteiger charge is 2.45. The fourth-order valence-corrected chi connectivity index (χ4v) is 10.7. The molecule has 22 heteroatoms. The fourth-order valence-electron chi connectivity index (χ4n) is 9.17. The number of hydrogen-bond donors (Lipinski definition) is 5. The summed E-state index contributed by atoms with van der Waals surface area (Å²) < 4.78 is 20.0. The number of nitrogen functional groups attached to an aromatic ring is 1. The molecule has 6 N–H and O–H groups in total. The molecule has 6 amide bonds. The molecule has 1 unspecified atom stereocenters. The van der Waals surface area contributed by atoms with E-state index in [0.717, 1.165) is 27.8 Å². The Kier molecular flexibility index (Phi) is 17.3. The van der Waals surface area contributed by atoms with Crippen LogP contribution < -0.4 is 26.4 Å². The number of hydrogen-bond acceptors (Lipinski definition) is 13. The zero-order valence-corrected chi connectivity index (χ0v) is 44.3. The van der Waals surface area contributed by atoms with Gasteiger partial charge in [-0.05, 0) is 80.6 Å². The molecule has 2 fully saturated rings. The van der Waals surface area contributed by atoms with Crippen LogP contribution in [0.25, 0.3) is 10.4 Å². The lowest BCUT2D eigenvalue weighted by Gasteiger charge is -2.44. The quantitative estimate of drug-likeness (QED) is 0.0668. The number of aromatic nitrogens is 3. The van der Waals surface area contributed by atoms with E-state index < -0.39 is 71.2 Å². The molecule has 2 saturated heterocycles. The van der Waals surface area contributed by atoms with E-state index in [-0.39, 0.29) is 90.1 Å². The van der Waals surface area contributed by atoms with Crippen molar-refractivity contribution in [3.63, 3.8) is 0 Å². The molecule has 7 rings (SSSR count). The first-order valence-electron chi connectivity index (χ1n) is 24.0. The predicted molar refractivity (Wildman–Crippen MR) is 279 cm³/mol. The Hall–Kier alpha value is -6.74. The van der Waals surface area contributed by atoms with Crippen LogP contribution in [0, 0.1) is 18.2 Å². The van der Waals surface area contributed by atoms with Gasteiger partial charge in [0.2, 0.25) is 23.6 Å². The zero-order chi connectivity index (χ0) is 53.8. The van der Waals surface area contributed by atoms with Crippen LogP contribution in [0.5, 0.6) is 5.75 Å². The molecule has 4 heterocycles. The number of anilines is 2. The second kappa shape index (κ2) is 23.2. The number of amides is 6. The number of piperazine rings is 1. The summed E-state index contributed by atoms with van der Waals surface area (Å²) in [7, 11) is 0. The van der Waals surface area contributed by atoms with Crippen molar-refractivity contribution in [3.05, 3.63) is 116 Å². The Balaban J connectivity index is 0.890. The summed E-state index contributed by atoms with van der Waals surface area (Å²) >= 11 is 13.9. The van der Waals surface area contributed by atoms with Crippen molar-refractivity contribution < 1.29 is 43.0 Å². The molecule has 392 valence electrons. The number of carbonyl (C=O) groups excluding carboxylic acids is 6. The third-order valence-electron chi connectivity index (χ3n) is 13.0. The van der Waals surface area contributed by atoms with E-state index in [1.54, 1.807) is 78.6 Å². The van der Waals surface area contributed by atoms with Gasteiger partial charge in [-0.3, -0.25) is 28.8 Å². The number of aliphatic hydroxyl groups is 1. The Labute approximate surface area is 442 Å². The van der Waals surface area contributed by atoms with Crippen LogP contribution in [0.4, 0.5) is 15.9 Å². The number of halogens is 3. The van der Waals surface area contributed by atoms with E-state index in [1.165, 1.54) is 17.0 Å². The minimum Gasteiger partial charge on any atom is -0.482 e. The smallest absolute Gasteiger partial charge is 0.276 e. The Morgan fingerprint density at radius 1 is 0.946 bits per heavy atom. The average molecular weight is 1070 g/mol. The van der Waals surface area contributed by atoms with Crippen LogP contribution in [0.2, 0.25) is 10.0 Å². The highest BCUT2D eigenvalue weighted by molar-refractivity contribution is 7.13.